The van der Waals surface area contributed by atoms with E-state index in [0.717, 1.165) is 27.7 Å². The van der Waals surface area contributed by atoms with Crippen molar-refractivity contribution >= 4 is 28.5 Å². The highest BCUT2D eigenvalue weighted by Crippen LogP contribution is 2.36. The van der Waals surface area contributed by atoms with Crippen LogP contribution in [0.4, 0.5) is 4.39 Å². The van der Waals surface area contributed by atoms with Gasteiger partial charge in [-0.15, -0.1) is 0 Å². The minimum atomic E-state index is -1.01. The van der Waals surface area contributed by atoms with E-state index in [2.05, 4.69) is 0 Å². The molecule has 26 heavy (non-hydrogen) atoms. The molecule has 0 radical (unpaired) electrons. The van der Waals surface area contributed by atoms with Crippen molar-refractivity contribution < 1.29 is 14.3 Å². The lowest BCUT2D eigenvalue weighted by Gasteiger charge is -2.08. The fraction of sp³-hybridized carbons (Fsp3) is 0.150. The van der Waals surface area contributed by atoms with Crippen LogP contribution in [0, 0.1) is 6.92 Å². The van der Waals surface area contributed by atoms with Crippen LogP contribution in [0.2, 0.25) is 5.02 Å². The predicted molar refractivity (Wildman–Crippen MR) is 102 cm³/mol. The number of fused-ring (bicyclic) bond motifs is 1. The van der Waals surface area contributed by atoms with Gasteiger partial charge in [-0.05, 0) is 48.9 Å². The van der Waals surface area contributed by atoms with Crippen molar-refractivity contribution in [2.45, 2.75) is 13.5 Å². The third kappa shape index (κ3) is 3.36. The fourth-order valence-electron chi connectivity index (χ4n) is 3.17. The molecule has 0 aliphatic heterocycles. The minimum Gasteiger partial charge on any atom is -0.478 e. The Labute approximate surface area is 155 Å². The number of carboxylic acids is 1. The predicted octanol–water partition coefficient (Wildman–Crippen LogP) is 4.78. The van der Waals surface area contributed by atoms with Crippen molar-refractivity contribution in [1.29, 1.82) is 0 Å². The maximum absolute atomic E-state index is 14.1. The lowest BCUT2D eigenvalue weighted by Crippen LogP contribution is -2.03. The molecular weight excluding hydrogens is 355 g/mol. The first-order chi connectivity index (χ1) is 12.4. The zero-order valence-electron chi connectivity index (χ0n) is 14.2. The zero-order valence-corrected chi connectivity index (χ0v) is 14.9. The van der Waals surface area contributed by atoms with Crippen LogP contribution in [0.5, 0.6) is 0 Å². The van der Waals surface area contributed by atoms with Gasteiger partial charge in [-0.25, -0.2) is 9.18 Å². The first kappa shape index (κ1) is 18.2. The van der Waals surface area contributed by atoms with Gasteiger partial charge in [-0.2, -0.15) is 0 Å². The smallest absolute Gasteiger partial charge is 0.335 e. The number of nitrogens with two attached hydrogens (primary N) is 1. The molecule has 1 aromatic heterocycles. The SMILES string of the molecule is Cc1c(-c2cccc(Cl)c2)c2cc(C(=O)O)ccc2n1C/C(F)=C/CN. The standard InChI is InChI=1S/C20H18ClFN2O2/c1-12-19(13-3-2-4-15(21)9-13)17-10-14(20(25)26)5-6-18(17)24(12)11-16(22)7-8-23/h2-7,9-10H,8,11,23H2,1H3,(H,25,26)/b16-7-. The molecule has 6 heteroatoms. The summed E-state index contributed by atoms with van der Waals surface area (Å²) < 4.78 is 15.9. The Kier molecular flexibility index (Phi) is 5.11. The van der Waals surface area contributed by atoms with Gasteiger partial charge in [0, 0.05) is 33.7 Å². The van der Waals surface area contributed by atoms with Crippen LogP contribution in [0.15, 0.2) is 54.4 Å². The second-order valence-corrected chi connectivity index (χ2v) is 6.42. The first-order valence-corrected chi connectivity index (χ1v) is 8.47. The molecule has 0 atom stereocenters. The van der Waals surface area contributed by atoms with Crippen LogP contribution in [0.1, 0.15) is 16.1 Å². The van der Waals surface area contributed by atoms with E-state index in [9.17, 15) is 14.3 Å². The largest absolute Gasteiger partial charge is 0.478 e. The molecule has 0 aliphatic rings. The van der Waals surface area contributed by atoms with Crippen molar-refractivity contribution in [3.8, 4) is 11.1 Å². The van der Waals surface area contributed by atoms with E-state index >= 15 is 0 Å². The lowest BCUT2D eigenvalue weighted by molar-refractivity contribution is 0.0697. The summed E-state index contributed by atoms with van der Waals surface area (Å²) >= 11 is 6.13. The average molecular weight is 373 g/mol. The Hall–Kier alpha value is -2.63. The normalized spacial score (nSPS) is 11.9. The highest BCUT2D eigenvalue weighted by atomic mass is 35.5. The van der Waals surface area contributed by atoms with E-state index in [0.29, 0.717) is 5.02 Å². The second-order valence-electron chi connectivity index (χ2n) is 5.98. The van der Waals surface area contributed by atoms with Crippen LogP contribution in [-0.4, -0.2) is 22.2 Å². The Morgan fingerprint density at radius 1 is 1.31 bits per heavy atom. The minimum absolute atomic E-state index is 0.0342. The van der Waals surface area contributed by atoms with Crippen molar-refractivity contribution in [3.05, 3.63) is 70.6 Å². The Bertz CT molecular complexity index is 1020. The van der Waals surface area contributed by atoms with E-state index < -0.39 is 5.97 Å². The molecule has 0 saturated heterocycles. The van der Waals surface area contributed by atoms with Gasteiger partial charge in [-0.1, -0.05) is 23.7 Å². The summed E-state index contributed by atoms with van der Waals surface area (Å²) in [6.45, 7) is 2.04. The number of hydrogen-bond acceptors (Lipinski definition) is 2. The van der Waals surface area contributed by atoms with Gasteiger partial charge in [-0.3, -0.25) is 0 Å². The molecule has 2 aromatic carbocycles. The molecule has 134 valence electrons. The molecule has 0 fully saturated rings. The molecule has 0 amide bonds. The van der Waals surface area contributed by atoms with Crippen LogP contribution < -0.4 is 5.73 Å². The number of carboxylic acid groups (broad SMARTS) is 1. The van der Waals surface area contributed by atoms with Gasteiger partial charge in [0.1, 0.15) is 5.83 Å². The summed E-state index contributed by atoms with van der Waals surface area (Å²) in [4.78, 5) is 11.4. The van der Waals surface area contributed by atoms with E-state index in [1.165, 1.54) is 12.1 Å². The molecule has 3 aromatic rings. The maximum Gasteiger partial charge on any atom is 0.335 e. The third-order valence-corrected chi connectivity index (χ3v) is 4.57. The lowest BCUT2D eigenvalue weighted by atomic mass is 10.0. The van der Waals surface area contributed by atoms with E-state index in [1.807, 2.05) is 29.7 Å². The number of aromatic nitrogens is 1. The van der Waals surface area contributed by atoms with E-state index in [1.54, 1.807) is 18.2 Å². The number of carbonyl (C=O) groups is 1. The maximum atomic E-state index is 14.1. The monoisotopic (exact) mass is 372 g/mol. The summed E-state index contributed by atoms with van der Waals surface area (Å²) in [7, 11) is 0. The number of hydrogen-bond donors (Lipinski definition) is 2. The number of nitrogens with zero attached hydrogens (tertiary/aromatic N) is 1. The van der Waals surface area contributed by atoms with E-state index in [-0.39, 0.29) is 24.5 Å². The van der Waals surface area contributed by atoms with Crippen LogP contribution >= 0.6 is 11.6 Å². The molecule has 4 nitrogen and oxygen atoms in total. The topological polar surface area (TPSA) is 68.2 Å². The number of allylic oxidation sites excluding steroid dienone is 1. The van der Waals surface area contributed by atoms with Gasteiger partial charge in [0.2, 0.25) is 0 Å². The van der Waals surface area contributed by atoms with Crippen LogP contribution in [0.25, 0.3) is 22.0 Å². The highest BCUT2D eigenvalue weighted by molar-refractivity contribution is 6.31. The summed E-state index contributed by atoms with van der Waals surface area (Å²) in [5, 5.41) is 10.6. The molecule has 0 aliphatic carbocycles. The number of aromatic carboxylic acids is 1. The van der Waals surface area contributed by atoms with Crippen LogP contribution in [0.3, 0.4) is 0 Å². The summed E-state index contributed by atoms with van der Waals surface area (Å²) in [5.41, 5.74) is 8.84. The molecule has 3 N–H and O–H groups in total. The van der Waals surface area contributed by atoms with Gasteiger partial charge in [0.05, 0.1) is 12.1 Å². The molecular formula is C20H18ClFN2O2. The summed E-state index contributed by atoms with van der Waals surface area (Å²) in [6.07, 6.45) is 1.33. The average Bonchev–Trinajstić information content (AvgIpc) is 2.86. The Balaban J connectivity index is 2.30. The fourth-order valence-corrected chi connectivity index (χ4v) is 3.36. The Morgan fingerprint density at radius 2 is 2.08 bits per heavy atom. The van der Waals surface area contributed by atoms with E-state index in [4.69, 9.17) is 17.3 Å². The molecule has 1 heterocycles. The quantitative estimate of drug-likeness (QED) is 0.677. The van der Waals surface area contributed by atoms with Crippen molar-refractivity contribution in [3.63, 3.8) is 0 Å². The third-order valence-electron chi connectivity index (χ3n) is 4.33. The highest BCUT2D eigenvalue weighted by Gasteiger charge is 2.18. The molecule has 0 bridgehead atoms. The van der Waals surface area contributed by atoms with Gasteiger partial charge in [0.25, 0.3) is 0 Å². The second kappa shape index (κ2) is 7.32. The van der Waals surface area contributed by atoms with Gasteiger partial charge < -0.3 is 15.4 Å². The summed E-state index contributed by atoms with van der Waals surface area (Å²) in [6, 6.07) is 12.2. The number of rotatable bonds is 5. The van der Waals surface area contributed by atoms with Crippen LogP contribution in [-0.2, 0) is 6.54 Å². The van der Waals surface area contributed by atoms with Gasteiger partial charge >= 0.3 is 5.97 Å². The van der Waals surface area contributed by atoms with Crippen molar-refractivity contribution in [2.24, 2.45) is 5.73 Å². The van der Waals surface area contributed by atoms with Crippen molar-refractivity contribution in [2.75, 3.05) is 6.54 Å². The molecule has 3 rings (SSSR count). The van der Waals surface area contributed by atoms with Crippen molar-refractivity contribution in [1.82, 2.24) is 4.57 Å². The Morgan fingerprint density at radius 3 is 2.73 bits per heavy atom. The zero-order chi connectivity index (χ0) is 18.8. The number of halogens is 2. The first-order valence-electron chi connectivity index (χ1n) is 8.09. The van der Waals surface area contributed by atoms with Gasteiger partial charge in [0.15, 0.2) is 0 Å². The molecule has 0 saturated carbocycles. The molecule has 0 spiro atoms. The molecule has 0 unspecified atom stereocenters. The summed E-state index contributed by atoms with van der Waals surface area (Å²) in [5.74, 6) is -1.35. The number of benzene rings is 2.